The van der Waals surface area contributed by atoms with Crippen LogP contribution in [0.2, 0.25) is 0 Å². The molecule has 0 bridgehead atoms. The van der Waals surface area contributed by atoms with Gasteiger partial charge in [0.25, 0.3) is 0 Å². The van der Waals surface area contributed by atoms with Crippen LogP contribution in [0.1, 0.15) is 37.8 Å². The van der Waals surface area contributed by atoms with Gasteiger partial charge in [-0.25, -0.2) is 0 Å². The number of hydrogen-bond acceptors (Lipinski definition) is 5. The summed E-state index contributed by atoms with van der Waals surface area (Å²) in [5, 5.41) is 2.82. The number of aromatic nitrogens is 3. The second-order valence-corrected chi connectivity index (χ2v) is 6.68. The van der Waals surface area contributed by atoms with Crippen LogP contribution in [0.3, 0.4) is 0 Å². The van der Waals surface area contributed by atoms with Gasteiger partial charge in [0.2, 0.25) is 5.95 Å². The lowest BCUT2D eigenvalue weighted by Gasteiger charge is -2.12. The third-order valence-electron chi connectivity index (χ3n) is 4.15. The number of hydrogen-bond donors (Lipinski definition) is 1. The van der Waals surface area contributed by atoms with Crippen molar-refractivity contribution in [2.45, 2.75) is 32.9 Å². The maximum atomic E-state index is 13.0. The van der Waals surface area contributed by atoms with Crippen LogP contribution in [0, 0.1) is 0 Å². The van der Waals surface area contributed by atoms with Crippen LogP contribution in [0.5, 0.6) is 6.01 Å². The summed E-state index contributed by atoms with van der Waals surface area (Å²) in [6, 6.07) is 12.7. The van der Waals surface area contributed by atoms with E-state index < -0.39 is 11.7 Å². The van der Waals surface area contributed by atoms with Crippen molar-refractivity contribution in [2.75, 3.05) is 11.9 Å². The van der Waals surface area contributed by atoms with E-state index in [1.165, 1.54) is 12.1 Å². The molecule has 0 amide bonds. The molecule has 0 aliphatic heterocycles. The Bertz CT molecular complexity index is 990. The van der Waals surface area contributed by atoms with Gasteiger partial charge in [0.15, 0.2) is 5.82 Å². The topological polar surface area (TPSA) is 59.9 Å². The summed E-state index contributed by atoms with van der Waals surface area (Å²) in [6.45, 7) is 6.30. The molecular weight excluding hydrogens is 381 g/mol. The van der Waals surface area contributed by atoms with Crippen molar-refractivity contribution in [2.24, 2.45) is 0 Å². The van der Waals surface area contributed by atoms with Crippen LogP contribution >= 0.6 is 0 Å². The average molecular weight is 402 g/mol. The molecule has 152 valence electrons. The van der Waals surface area contributed by atoms with Crippen LogP contribution in [0.15, 0.2) is 48.5 Å². The van der Waals surface area contributed by atoms with Gasteiger partial charge >= 0.3 is 12.2 Å². The van der Waals surface area contributed by atoms with Gasteiger partial charge in [-0.05, 0) is 42.7 Å². The van der Waals surface area contributed by atoms with Crippen molar-refractivity contribution in [3.63, 3.8) is 0 Å². The Morgan fingerprint density at radius 3 is 2.45 bits per heavy atom. The van der Waals surface area contributed by atoms with Crippen LogP contribution < -0.4 is 10.1 Å². The number of halogens is 3. The van der Waals surface area contributed by atoms with Crippen molar-refractivity contribution in [1.29, 1.82) is 0 Å². The van der Waals surface area contributed by atoms with Gasteiger partial charge in [-0.3, -0.25) is 0 Å². The van der Waals surface area contributed by atoms with Gasteiger partial charge in [0.05, 0.1) is 12.2 Å². The highest BCUT2D eigenvalue weighted by Crippen LogP contribution is 2.31. The van der Waals surface area contributed by atoms with Gasteiger partial charge in [0, 0.05) is 11.3 Å². The summed E-state index contributed by atoms with van der Waals surface area (Å²) in [5.74, 6) is 0.805. The first kappa shape index (κ1) is 20.6. The standard InChI is InChI=1S/C21H21F3N4O/c1-4-29-20-27-18(15-8-5-7-14(11-15)13(2)3)26-19(28-20)25-17-10-6-9-16(12-17)21(22,23)24/h5-13H,4H2,1-3H3,(H,25,26,27,28). The van der Waals surface area contributed by atoms with E-state index in [9.17, 15) is 13.2 Å². The summed E-state index contributed by atoms with van der Waals surface area (Å²) in [5.41, 5.74) is 1.35. The molecule has 1 N–H and O–H groups in total. The second kappa shape index (κ2) is 8.46. The molecular formula is C21H21F3N4O. The van der Waals surface area contributed by atoms with E-state index in [4.69, 9.17) is 4.74 Å². The fraction of sp³-hybridized carbons (Fsp3) is 0.286. The van der Waals surface area contributed by atoms with E-state index in [2.05, 4.69) is 34.1 Å². The second-order valence-electron chi connectivity index (χ2n) is 6.68. The lowest BCUT2D eigenvalue weighted by molar-refractivity contribution is -0.137. The lowest BCUT2D eigenvalue weighted by atomic mass is 10.0. The quantitative estimate of drug-likeness (QED) is 0.563. The minimum Gasteiger partial charge on any atom is -0.464 e. The van der Waals surface area contributed by atoms with E-state index in [0.29, 0.717) is 18.3 Å². The molecule has 1 aromatic heterocycles. The highest BCUT2D eigenvalue weighted by atomic mass is 19.4. The zero-order chi connectivity index (χ0) is 21.0. The predicted octanol–water partition coefficient (Wildman–Crippen LogP) is 5.82. The normalized spacial score (nSPS) is 11.6. The average Bonchev–Trinajstić information content (AvgIpc) is 2.68. The fourth-order valence-corrected chi connectivity index (χ4v) is 2.67. The molecule has 3 aromatic rings. The molecule has 2 aromatic carbocycles. The maximum absolute atomic E-state index is 13.0. The van der Waals surface area contributed by atoms with Gasteiger partial charge < -0.3 is 10.1 Å². The van der Waals surface area contributed by atoms with Gasteiger partial charge in [-0.15, -0.1) is 0 Å². The number of ether oxygens (including phenoxy) is 1. The lowest BCUT2D eigenvalue weighted by Crippen LogP contribution is -2.07. The van der Waals surface area contributed by atoms with Crippen molar-refractivity contribution in [3.8, 4) is 17.4 Å². The van der Waals surface area contributed by atoms with Crippen LogP contribution in [-0.4, -0.2) is 21.6 Å². The molecule has 0 fully saturated rings. The molecule has 8 heteroatoms. The Morgan fingerprint density at radius 2 is 1.76 bits per heavy atom. The number of alkyl halides is 3. The molecule has 0 saturated heterocycles. The molecule has 1 heterocycles. The first-order valence-corrected chi connectivity index (χ1v) is 9.19. The van der Waals surface area contributed by atoms with E-state index in [-0.39, 0.29) is 17.6 Å². The molecule has 0 saturated carbocycles. The van der Waals surface area contributed by atoms with Crippen LogP contribution in [-0.2, 0) is 6.18 Å². The summed E-state index contributed by atoms with van der Waals surface area (Å²) < 4.78 is 44.3. The monoisotopic (exact) mass is 402 g/mol. The number of rotatable bonds is 6. The number of nitrogens with zero attached hydrogens (tertiary/aromatic N) is 3. The number of benzene rings is 2. The van der Waals surface area contributed by atoms with Gasteiger partial charge in [-0.2, -0.15) is 28.1 Å². The molecule has 29 heavy (non-hydrogen) atoms. The van der Waals surface area contributed by atoms with Crippen LogP contribution in [0.25, 0.3) is 11.4 Å². The first-order valence-electron chi connectivity index (χ1n) is 9.19. The van der Waals surface area contributed by atoms with E-state index in [1.807, 2.05) is 24.3 Å². The summed E-state index contributed by atoms with van der Waals surface area (Å²) in [7, 11) is 0. The summed E-state index contributed by atoms with van der Waals surface area (Å²) in [6.07, 6.45) is -4.43. The van der Waals surface area contributed by atoms with Crippen molar-refractivity contribution in [1.82, 2.24) is 15.0 Å². The smallest absolute Gasteiger partial charge is 0.416 e. The molecule has 3 rings (SSSR count). The largest absolute Gasteiger partial charge is 0.464 e. The Balaban J connectivity index is 1.99. The molecule has 0 unspecified atom stereocenters. The highest BCUT2D eigenvalue weighted by molar-refractivity contribution is 5.61. The number of anilines is 2. The van der Waals surface area contributed by atoms with Gasteiger partial charge in [-0.1, -0.05) is 38.1 Å². The summed E-state index contributed by atoms with van der Waals surface area (Å²) in [4.78, 5) is 12.9. The minimum absolute atomic E-state index is 0.0990. The predicted molar refractivity (Wildman–Crippen MR) is 105 cm³/mol. The molecule has 5 nitrogen and oxygen atoms in total. The van der Waals surface area contributed by atoms with E-state index in [1.54, 1.807) is 6.92 Å². The third kappa shape index (κ3) is 5.22. The minimum atomic E-state index is -4.43. The Kier molecular flexibility index (Phi) is 6.00. The maximum Gasteiger partial charge on any atom is 0.416 e. The Morgan fingerprint density at radius 1 is 1.00 bits per heavy atom. The molecule has 0 aliphatic carbocycles. The highest BCUT2D eigenvalue weighted by Gasteiger charge is 2.30. The Labute approximate surface area is 167 Å². The molecule has 0 aliphatic rings. The molecule has 0 radical (unpaired) electrons. The van der Waals surface area contributed by atoms with Crippen molar-refractivity contribution < 1.29 is 17.9 Å². The fourth-order valence-electron chi connectivity index (χ4n) is 2.67. The number of nitrogens with one attached hydrogen (secondary N) is 1. The molecule has 0 spiro atoms. The first-order chi connectivity index (χ1) is 13.8. The van der Waals surface area contributed by atoms with Gasteiger partial charge in [0.1, 0.15) is 0 Å². The van der Waals surface area contributed by atoms with E-state index >= 15 is 0 Å². The third-order valence-corrected chi connectivity index (χ3v) is 4.15. The zero-order valence-corrected chi connectivity index (χ0v) is 16.3. The zero-order valence-electron chi connectivity index (χ0n) is 16.3. The molecule has 0 atom stereocenters. The van der Waals surface area contributed by atoms with E-state index in [0.717, 1.165) is 23.3 Å². The Hall–Kier alpha value is -3.16. The van der Waals surface area contributed by atoms with Crippen molar-refractivity contribution in [3.05, 3.63) is 59.7 Å². The summed E-state index contributed by atoms with van der Waals surface area (Å²) >= 11 is 0. The van der Waals surface area contributed by atoms with Crippen molar-refractivity contribution >= 4 is 11.6 Å². The SMILES string of the molecule is CCOc1nc(Nc2cccc(C(F)(F)F)c2)nc(-c2cccc(C(C)C)c2)n1. The van der Waals surface area contributed by atoms with Crippen LogP contribution in [0.4, 0.5) is 24.8 Å².